The molecule has 9 aromatic carbocycles. The van der Waals surface area contributed by atoms with E-state index in [1.165, 1.54) is 55.1 Å². The molecule has 0 atom stereocenters. The van der Waals surface area contributed by atoms with Crippen molar-refractivity contribution >= 4 is 60.5 Å². The first-order valence-corrected chi connectivity index (χ1v) is 18.3. The Balaban J connectivity index is 0.993. The van der Waals surface area contributed by atoms with E-state index in [1.807, 2.05) is 0 Å². The number of anilines is 3. The third-order valence-corrected chi connectivity index (χ3v) is 11.0. The SMILES string of the molecule is c1ccc(-c2cc3c4cc(-c5ccc(N(c6ccccc6)c6ccc7c(c6)Cc6ccc8ccccc8c6-7)cc5)ccc4oc3c3ccccc23)cc1. The Morgan fingerprint density at radius 3 is 1.89 bits per heavy atom. The molecule has 0 unspecified atom stereocenters. The van der Waals surface area contributed by atoms with Gasteiger partial charge in [0.1, 0.15) is 11.2 Å². The number of hydrogen-bond donors (Lipinski definition) is 0. The van der Waals surface area contributed by atoms with Crippen LogP contribution in [0.3, 0.4) is 0 Å². The van der Waals surface area contributed by atoms with Crippen molar-refractivity contribution in [3.63, 3.8) is 0 Å². The predicted octanol–water partition coefficient (Wildman–Crippen LogP) is 14.3. The van der Waals surface area contributed by atoms with Gasteiger partial charge < -0.3 is 9.32 Å². The lowest BCUT2D eigenvalue weighted by Gasteiger charge is -2.26. The van der Waals surface area contributed by atoms with E-state index in [0.29, 0.717) is 0 Å². The van der Waals surface area contributed by atoms with E-state index < -0.39 is 0 Å². The summed E-state index contributed by atoms with van der Waals surface area (Å²) in [5.74, 6) is 0. The summed E-state index contributed by atoms with van der Waals surface area (Å²) in [4.78, 5) is 2.37. The van der Waals surface area contributed by atoms with E-state index in [-0.39, 0.29) is 0 Å². The van der Waals surface area contributed by atoms with E-state index >= 15 is 0 Å². The molecule has 0 spiro atoms. The van der Waals surface area contributed by atoms with Crippen LogP contribution in [0.4, 0.5) is 17.1 Å². The third kappa shape index (κ3) is 4.80. The van der Waals surface area contributed by atoms with Gasteiger partial charge in [-0.3, -0.25) is 0 Å². The van der Waals surface area contributed by atoms with Crippen molar-refractivity contribution in [1.82, 2.24) is 0 Å². The van der Waals surface area contributed by atoms with Crippen molar-refractivity contribution < 1.29 is 4.42 Å². The van der Waals surface area contributed by atoms with Crippen molar-refractivity contribution in [1.29, 1.82) is 0 Å². The minimum absolute atomic E-state index is 0.901. The summed E-state index contributed by atoms with van der Waals surface area (Å²) in [6.07, 6.45) is 0.943. The van der Waals surface area contributed by atoms with Gasteiger partial charge in [0.2, 0.25) is 0 Å². The van der Waals surface area contributed by atoms with Crippen molar-refractivity contribution in [2.24, 2.45) is 0 Å². The predicted molar refractivity (Wildman–Crippen MR) is 223 cm³/mol. The second kappa shape index (κ2) is 11.8. The Morgan fingerprint density at radius 2 is 1.06 bits per heavy atom. The summed E-state index contributed by atoms with van der Waals surface area (Å²) >= 11 is 0. The highest BCUT2D eigenvalue weighted by molar-refractivity contribution is 6.19. The Hall–Kier alpha value is -6.90. The highest BCUT2D eigenvalue weighted by Gasteiger charge is 2.23. The lowest BCUT2D eigenvalue weighted by molar-refractivity contribution is 0.673. The molecule has 10 aromatic rings. The van der Waals surface area contributed by atoms with Gasteiger partial charge in [0.25, 0.3) is 0 Å². The van der Waals surface area contributed by atoms with Gasteiger partial charge in [0, 0.05) is 33.2 Å². The van der Waals surface area contributed by atoms with Crippen molar-refractivity contribution in [2.45, 2.75) is 6.42 Å². The highest BCUT2D eigenvalue weighted by atomic mass is 16.3. The van der Waals surface area contributed by atoms with Gasteiger partial charge in [-0.2, -0.15) is 0 Å². The lowest BCUT2D eigenvalue weighted by Crippen LogP contribution is -2.10. The van der Waals surface area contributed by atoms with Gasteiger partial charge in [-0.1, -0.05) is 133 Å². The Morgan fingerprint density at radius 1 is 0.377 bits per heavy atom. The standard InChI is InChI=1S/C51H33NO/c1-3-11-34(12-4-1)46-32-48-47-31-36(23-28-49(47)53-51(48)45-18-10-9-17-44(45)46)33-21-24-40(25-22-33)52(39-14-5-2-6-15-39)41-26-27-43-38(30-41)29-37-20-19-35-13-7-8-16-42(35)50(37)43/h1-28,30-32H,29H2. The van der Waals surface area contributed by atoms with Gasteiger partial charge in [0.15, 0.2) is 0 Å². The van der Waals surface area contributed by atoms with E-state index in [1.54, 1.807) is 0 Å². The Labute approximate surface area is 307 Å². The third-order valence-electron chi connectivity index (χ3n) is 11.0. The van der Waals surface area contributed by atoms with E-state index in [9.17, 15) is 0 Å². The molecular weight excluding hydrogens is 643 g/mol. The molecule has 11 rings (SSSR count). The number of fused-ring (bicyclic) bond motifs is 10. The zero-order valence-corrected chi connectivity index (χ0v) is 29.0. The van der Waals surface area contributed by atoms with E-state index in [0.717, 1.165) is 56.4 Å². The lowest BCUT2D eigenvalue weighted by atomic mass is 9.95. The first-order chi connectivity index (χ1) is 26.3. The summed E-state index contributed by atoms with van der Waals surface area (Å²) in [5, 5.41) is 7.22. The molecule has 0 bridgehead atoms. The van der Waals surface area contributed by atoms with Crippen LogP contribution in [0.2, 0.25) is 0 Å². The van der Waals surface area contributed by atoms with Crippen molar-refractivity contribution in [2.75, 3.05) is 4.90 Å². The first kappa shape index (κ1) is 29.8. The van der Waals surface area contributed by atoms with Gasteiger partial charge >= 0.3 is 0 Å². The van der Waals surface area contributed by atoms with Crippen LogP contribution >= 0.6 is 0 Å². The molecule has 1 heterocycles. The van der Waals surface area contributed by atoms with Crippen LogP contribution < -0.4 is 4.90 Å². The van der Waals surface area contributed by atoms with Crippen molar-refractivity contribution in [3.05, 3.63) is 199 Å². The molecule has 53 heavy (non-hydrogen) atoms. The zero-order chi connectivity index (χ0) is 34.9. The van der Waals surface area contributed by atoms with Gasteiger partial charge in [-0.25, -0.2) is 0 Å². The molecule has 1 aromatic heterocycles. The number of furan rings is 1. The van der Waals surface area contributed by atoms with Crippen molar-refractivity contribution in [3.8, 4) is 33.4 Å². The fraction of sp³-hybridized carbons (Fsp3) is 0.0196. The fourth-order valence-corrected chi connectivity index (χ4v) is 8.56. The summed E-state index contributed by atoms with van der Waals surface area (Å²) in [7, 11) is 0. The quantitative estimate of drug-likeness (QED) is 0.181. The zero-order valence-electron chi connectivity index (χ0n) is 29.0. The molecule has 0 radical (unpaired) electrons. The smallest absolute Gasteiger partial charge is 0.143 e. The van der Waals surface area contributed by atoms with E-state index in [2.05, 4.69) is 193 Å². The van der Waals surface area contributed by atoms with Crippen LogP contribution in [0.5, 0.6) is 0 Å². The number of para-hydroxylation sites is 1. The minimum atomic E-state index is 0.901. The summed E-state index contributed by atoms with van der Waals surface area (Å²) in [6, 6.07) is 68.1. The second-order valence-corrected chi connectivity index (χ2v) is 14.1. The maximum Gasteiger partial charge on any atom is 0.143 e. The topological polar surface area (TPSA) is 16.4 Å². The molecule has 2 nitrogen and oxygen atoms in total. The molecule has 0 aliphatic heterocycles. The van der Waals surface area contributed by atoms with Gasteiger partial charge in [-0.05, 0) is 122 Å². The molecule has 0 amide bonds. The van der Waals surface area contributed by atoms with Gasteiger partial charge in [0.05, 0.1) is 0 Å². The number of hydrogen-bond acceptors (Lipinski definition) is 2. The molecule has 248 valence electrons. The monoisotopic (exact) mass is 675 g/mol. The van der Waals surface area contributed by atoms with Crippen LogP contribution in [0.25, 0.3) is 76.9 Å². The number of benzene rings is 9. The molecule has 0 saturated carbocycles. The Kier molecular flexibility index (Phi) is 6.65. The second-order valence-electron chi connectivity index (χ2n) is 14.1. The average molecular weight is 676 g/mol. The molecule has 0 fully saturated rings. The van der Waals surface area contributed by atoms with Crippen LogP contribution in [0, 0.1) is 0 Å². The minimum Gasteiger partial charge on any atom is -0.455 e. The maximum atomic E-state index is 6.56. The molecule has 0 saturated heterocycles. The molecular formula is C51H33NO. The summed E-state index contributed by atoms with van der Waals surface area (Å²) < 4.78 is 6.56. The van der Waals surface area contributed by atoms with E-state index in [4.69, 9.17) is 4.42 Å². The number of rotatable bonds is 5. The van der Waals surface area contributed by atoms with Crippen LogP contribution in [-0.2, 0) is 6.42 Å². The Bertz CT molecular complexity index is 3010. The largest absolute Gasteiger partial charge is 0.455 e. The van der Waals surface area contributed by atoms with Crippen LogP contribution in [-0.4, -0.2) is 0 Å². The molecule has 0 N–H and O–H groups in total. The fourth-order valence-electron chi connectivity index (χ4n) is 8.56. The molecule has 2 heteroatoms. The normalized spacial score (nSPS) is 12.1. The highest BCUT2D eigenvalue weighted by Crippen LogP contribution is 2.45. The summed E-state index contributed by atoms with van der Waals surface area (Å²) in [5.41, 5.74) is 15.5. The summed E-state index contributed by atoms with van der Waals surface area (Å²) in [6.45, 7) is 0. The number of nitrogens with zero attached hydrogens (tertiary/aromatic N) is 1. The van der Waals surface area contributed by atoms with Crippen LogP contribution in [0.1, 0.15) is 11.1 Å². The maximum absolute atomic E-state index is 6.56. The molecule has 1 aliphatic rings. The average Bonchev–Trinajstić information content (AvgIpc) is 3.80. The van der Waals surface area contributed by atoms with Crippen LogP contribution in [0.15, 0.2) is 192 Å². The first-order valence-electron chi connectivity index (χ1n) is 18.3. The van der Waals surface area contributed by atoms with Gasteiger partial charge in [-0.15, -0.1) is 0 Å². The molecule has 1 aliphatic carbocycles.